The van der Waals surface area contributed by atoms with Crippen molar-refractivity contribution in [1.29, 1.82) is 5.26 Å². The van der Waals surface area contributed by atoms with E-state index >= 15 is 0 Å². The fourth-order valence-electron chi connectivity index (χ4n) is 3.06. The highest BCUT2D eigenvalue weighted by Gasteiger charge is 2.16. The van der Waals surface area contributed by atoms with Crippen LogP contribution >= 0.6 is 0 Å². The van der Waals surface area contributed by atoms with Gasteiger partial charge in [0.25, 0.3) is 0 Å². The lowest BCUT2D eigenvalue weighted by molar-refractivity contribution is 0.0514. The number of carbonyl (C=O) groups is 2. The molecule has 8 heteroatoms. The summed E-state index contributed by atoms with van der Waals surface area (Å²) < 4.78 is 22.2. The molecule has 186 valence electrons. The van der Waals surface area contributed by atoms with Crippen LogP contribution in [0.4, 0.5) is 4.79 Å². The second kappa shape index (κ2) is 11.8. The molecule has 1 N–H and O–H groups in total. The molecule has 0 aliphatic rings. The zero-order valence-corrected chi connectivity index (χ0v) is 20.7. The summed E-state index contributed by atoms with van der Waals surface area (Å²) >= 11 is 0. The van der Waals surface area contributed by atoms with Gasteiger partial charge in [0.05, 0.1) is 23.8 Å². The number of nitrogens with zero attached hydrogens (tertiary/aromatic N) is 1. The molecular formula is C28H28N2O6. The molecule has 8 nitrogen and oxygen atoms in total. The molecule has 0 spiro atoms. The van der Waals surface area contributed by atoms with Crippen molar-refractivity contribution in [2.45, 2.75) is 39.8 Å². The maximum atomic E-state index is 12.4. The number of rotatable bonds is 8. The van der Waals surface area contributed by atoms with Crippen LogP contribution in [0.3, 0.4) is 0 Å². The number of esters is 1. The molecule has 0 aliphatic carbocycles. The zero-order chi connectivity index (χ0) is 26.1. The second-order valence-corrected chi connectivity index (χ2v) is 8.75. The maximum Gasteiger partial charge on any atom is 0.407 e. The molecule has 3 rings (SSSR count). The first-order valence-corrected chi connectivity index (χ1v) is 11.4. The van der Waals surface area contributed by atoms with Gasteiger partial charge in [-0.3, -0.25) is 0 Å². The number of nitrogens with one attached hydrogen (secondary N) is 1. The molecule has 0 saturated heterocycles. The van der Waals surface area contributed by atoms with Gasteiger partial charge in [0, 0.05) is 12.6 Å². The minimum absolute atomic E-state index is 0.231. The van der Waals surface area contributed by atoms with E-state index in [1.165, 1.54) is 0 Å². The summed E-state index contributed by atoms with van der Waals surface area (Å²) in [5.74, 6) is 1.28. The largest absolute Gasteiger partial charge is 0.462 e. The molecule has 0 saturated carbocycles. The number of hydrogen-bond donors (Lipinski definition) is 1. The van der Waals surface area contributed by atoms with Crippen molar-refractivity contribution in [3.05, 3.63) is 83.4 Å². The van der Waals surface area contributed by atoms with E-state index < -0.39 is 17.7 Å². The predicted octanol–water partition coefficient (Wildman–Crippen LogP) is 6.34. The molecule has 0 fully saturated rings. The molecule has 3 aromatic rings. The van der Waals surface area contributed by atoms with Gasteiger partial charge >= 0.3 is 12.1 Å². The number of ether oxygens (including phenoxy) is 4. The van der Waals surface area contributed by atoms with Crippen molar-refractivity contribution in [1.82, 2.24) is 5.32 Å². The normalized spacial score (nSPS) is 10.6. The van der Waals surface area contributed by atoms with Crippen LogP contribution in [0, 0.1) is 11.3 Å². The summed E-state index contributed by atoms with van der Waals surface area (Å²) in [5.41, 5.74) is 1.08. The van der Waals surface area contributed by atoms with E-state index in [2.05, 4.69) is 11.4 Å². The summed E-state index contributed by atoms with van der Waals surface area (Å²) in [6.45, 7) is 7.67. The van der Waals surface area contributed by atoms with Gasteiger partial charge in [0.1, 0.15) is 28.6 Å². The number of alkyl carbamates (subject to hydrolysis) is 1. The molecule has 0 aromatic heterocycles. The van der Waals surface area contributed by atoms with Crippen LogP contribution in [0.2, 0.25) is 0 Å². The monoisotopic (exact) mass is 488 g/mol. The van der Waals surface area contributed by atoms with Crippen molar-refractivity contribution in [3.63, 3.8) is 0 Å². The van der Waals surface area contributed by atoms with Gasteiger partial charge in [-0.2, -0.15) is 5.26 Å². The average Bonchev–Trinajstić information content (AvgIpc) is 2.83. The van der Waals surface area contributed by atoms with E-state index in [-0.39, 0.29) is 12.2 Å². The van der Waals surface area contributed by atoms with Crippen LogP contribution < -0.4 is 14.8 Å². The van der Waals surface area contributed by atoms with E-state index in [0.717, 1.165) is 5.56 Å². The van der Waals surface area contributed by atoms with Crippen molar-refractivity contribution < 1.29 is 28.5 Å². The van der Waals surface area contributed by atoms with E-state index in [1.807, 2.05) is 12.1 Å². The molecule has 0 unspecified atom stereocenters. The van der Waals surface area contributed by atoms with Crippen molar-refractivity contribution in [3.8, 4) is 29.1 Å². The fourth-order valence-corrected chi connectivity index (χ4v) is 3.06. The third kappa shape index (κ3) is 8.06. The van der Waals surface area contributed by atoms with Crippen LogP contribution in [0.5, 0.6) is 23.0 Å². The van der Waals surface area contributed by atoms with Crippen LogP contribution in [0.15, 0.2) is 66.7 Å². The minimum Gasteiger partial charge on any atom is -0.462 e. The lowest BCUT2D eigenvalue weighted by Crippen LogP contribution is -2.32. The Labute approximate surface area is 210 Å². The Morgan fingerprint density at radius 1 is 0.861 bits per heavy atom. The Kier molecular flexibility index (Phi) is 8.52. The zero-order valence-electron chi connectivity index (χ0n) is 20.7. The first-order chi connectivity index (χ1) is 17.1. The number of benzene rings is 3. The molecule has 1 amide bonds. The van der Waals surface area contributed by atoms with Gasteiger partial charge in [-0.1, -0.05) is 12.1 Å². The third-order valence-corrected chi connectivity index (χ3v) is 4.61. The Morgan fingerprint density at radius 3 is 1.92 bits per heavy atom. The molecule has 3 aromatic carbocycles. The summed E-state index contributed by atoms with van der Waals surface area (Å²) in [4.78, 5) is 24.2. The van der Waals surface area contributed by atoms with Gasteiger partial charge < -0.3 is 24.3 Å². The Bertz CT molecular complexity index is 1240. The van der Waals surface area contributed by atoms with Gasteiger partial charge in [-0.05, 0) is 81.8 Å². The second-order valence-electron chi connectivity index (χ2n) is 8.75. The molecule has 0 atom stereocenters. The van der Waals surface area contributed by atoms with Crippen molar-refractivity contribution in [2.24, 2.45) is 0 Å². The van der Waals surface area contributed by atoms with Gasteiger partial charge in [0.15, 0.2) is 0 Å². The SMILES string of the molecule is CCOC(=O)c1cc(Oc2ccc(C#N)cc2)cc(Oc2ccc(CNC(=O)OC(C)(C)C)cc2)c1. The van der Waals surface area contributed by atoms with Crippen LogP contribution in [0.25, 0.3) is 0 Å². The van der Waals surface area contributed by atoms with Crippen LogP contribution in [0.1, 0.15) is 49.2 Å². The Balaban J connectivity index is 1.74. The average molecular weight is 489 g/mol. The highest BCUT2D eigenvalue weighted by molar-refractivity contribution is 5.90. The molecule has 0 bridgehead atoms. The fraction of sp³-hybridized carbons (Fsp3) is 0.250. The summed E-state index contributed by atoms with van der Waals surface area (Å²) in [5, 5.41) is 11.7. The molecule has 0 radical (unpaired) electrons. The summed E-state index contributed by atoms with van der Waals surface area (Å²) in [6, 6.07) is 20.6. The van der Waals surface area contributed by atoms with E-state index in [0.29, 0.717) is 35.1 Å². The van der Waals surface area contributed by atoms with Crippen molar-refractivity contribution in [2.75, 3.05) is 6.61 Å². The van der Waals surface area contributed by atoms with Gasteiger partial charge in [-0.15, -0.1) is 0 Å². The summed E-state index contributed by atoms with van der Waals surface area (Å²) in [7, 11) is 0. The van der Waals surface area contributed by atoms with E-state index in [1.54, 1.807) is 82.3 Å². The van der Waals surface area contributed by atoms with Crippen LogP contribution in [-0.4, -0.2) is 24.3 Å². The highest BCUT2D eigenvalue weighted by atomic mass is 16.6. The third-order valence-electron chi connectivity index (χ3n) is 4.61. The lowest BCUT2D eigenvalue weighted by atomic mass is 10.2. The number of carbonyl (C=O) groups excluding carboxylic acids is 2. The summed E-state index contributed by atoms with van der Waals surface area (Å²) in [6.07, 6.45) is -0.492. The topological polar surface area (TPSA) is 107 Å². The van der Waals surface area contributed by atoms with Crippen LogP contribution in [-0.2, 0) is 16.0 Å². The quantitative estimate of drug-likeness (QED) is 0.368. The first-order valence-electron chi connectivity index (χ1n) is 11.4. The minimum atomic E-state index is -0.567. The maximum absolute atomic E-state index is 12.4. The molecule has 36 heavy (non-hydrogen) atoms. The van der Waals surface area contributed by atoms with Gasteiger partial charge in [-0.25, -0.2) is 9.59 Å². The number of nitriles is 1. The highest BCUT2D eigenvalue weighted by Crippen LogP contribution is 2.31. The predicted molar refractivity (Wildman–Crippen MR) is 133 cm³/mol. The van der Waals surface area contributed by atoms with Gasteiger partial charge in [0.2, 0.25) is 0 Å². The lowest BCUT2D eigenvalue weighted by Gasteiger charge is -2.19. The van der Waals surface area contributed by atoms with E-state index in [9.17, 15) is 9.59 Å². The Hall–Kier alpha value is -4.51. The standard InChI is InChI=1S/C28H28N2O6/c1-5-33-26(31)21-14-24(34-22-10-6-19(17-29)7-11-22)16-25(15-21)35-23-12-8-20(9-13-23)18-30-27(32)36-28(2,3)4/h6-16H,5,18H2,1-4H3,(H,30,32). The van der Waals surface area contributed by atoms with E-state index in [4.69, 9.17) is 24.2 Å². The molecular weight excluding hydrogens is 460 g/mol. The number of hydrogen-bond acceptors (Lipinski definition) is 7. The Morgan fingerprint density at radius 2 is 1.42 bits per heavy atom. The first kappa shape index (κ1) is 26.1. The molecule has 0 aliphatic heterocycles. The smallest absolute Gasteiger partial charge is 0.407 e. The molecule has 0 heterocycles. The number of amides is 1. The van der Waals surface area contributed by atoms with Crippen molar-refractivity contribution >= 4 is 12.1 Å².